The summed E-state index contributed by atoms with van der Waals surface area (Å²) in [5.74, 6) is -0.464. The van der Waals surface area contributed by atoms with E-state index in [2.05, 4.69) is 60.9 Å². The van der Waals surface area contributed by atoms with Gasteiger partial charge in [-0.05, 0) is 47.2 Å². The van der Waals surface area contributed by atoms with Crippen LogP contribution in [0.4, 0.5) is 5.69 Å². The molecule has 0 atom stereocenters. The number of amides is 1. The van der Waals surface area contributed by atoms with Crippen LogP contribution in [0.3, 0.4) is 0 Å². The second-order valence-electron chi connectivity index (χ2n) is 6.23. The van der Waals surface area contributed by atoms with Crippen LogP contribution in [0.2, 0.25) is 0 Å². The molecule has 0 unspecified atom stereocenters. The average Bonchev–Trinajstić information content (AvgIpc) is 2.92. The van der Waals surface area contributed by atoms with Gasteiger partial charge >= 0.3 is 0 Å². The number of anilines is 1. The van der Waals surface area contributed by atoms with Crippen LogP contribution < -0.4 is 10.6 Å². The van der Waals surface area contributed by atoms with Gasteiger partial charge in [0.2, 0.25) is 0 Å². The number of nitrogens with two attached hydrogens (primary N) is 1. The molecule has 7 heteroatoms. The number of aromatic nitrogens is 2. The number of halogens is 1. The number of benzene rings is 1. The molecule has 1 saturated heterocycles. The normalized spacial score (nSPS) is 16.2. The molecule has 1 amide bonds. The quantitative estimate of drug-likeness (QED) is 0.661. The largest absolute Gasteiger partial charge is 0.369 e. The lowest BCUT2D eigenvalue weighted by molar-refractivity contribution is 0.100. The van der Waals surface area contributed by atoms with Gasteiger partial charge in [-0.3, -0.25) is 4.79 Å². The van der Waals surface area contributed by atoms with Crippen molar-refractivity contribution in [1.82, 2.24) is 14.9 Å². The summed E-state index contributed by atoms with van der Waals surface area (Å²) in [4.78, 5) is 24.3. The predicted octanol–water partition coefficient (Wildman–Crippen LogP) is 2.33. The third kappa shape index (κ3) is 2.53. The molecule has 4 rings (SSSR count). The first-order valence-electron chi connectivity index (χ1n) is 7.88. The molecule has 1 aliphatic rings. The summed E-state index contributed by atoms with van der Waals surface area (Å²) >= 11 is 3.36. The van der Waals surface area contributed by atoms with E-state index in [4.69, 9.17) is 5.73 Å². The standard InChI is InChI=1S/C17H18BrN5O/c1-22-4-6-23(7-5-22)10-2-3-11-13(8-10)20-16-12(17(19)24)9-14(18)21-15(11)16/h2-3,8-9,20H,4-7H2,1H3,(H2,19,24). The Morgan fingerprint density at radius 1 is 1.25 bits per heavy atom. The van der Waals surface area contributed by atoms with Crippen LogP contribution in [-0.2, 0) is 0 Å². The number of primary amides is 1. The Labute approximate surface area is 147 Å². The predicted molar refractivity (Wildman–Crippen MR) is 99.5 cm³/mol. The lowest BCUT2D eigenvalue weighted by atomic mass is 10.1. The molecule has 0 bridgehead atoms. The third-order valence-corrected chi connectivity index (χ3v) is 5.05. The minimum atomic E-state index is -0.464. The van der Waals surface area contributed by atoms with Gasteiger partial charge in [-0.2, -0.15) is 0 Å². The number of rotatable bonds is 2. The van der Waals surface area contributed by atoms with Gasteiger partial charge in [0, 0.05) is 37.3 Å². The van der Waals surface area contributed by atoms with Gasteiger partial charge in [-0.1, -0.05) is 0 Å². The molecule has 1 aromatic carbocycles. The number of nitrogens with zero attached hydrogens (tertiary/aromatic N) is 3. The molecule has 1 aliphatic heterocycles. The lowest BCUT2D eigenvalue weighted by Gasteiger charge is -2.34. The molecule has 3 heterocycles. The molecule has 3 aromatic rings. The van der Waals surface area contributed by atoms with Crippen molar-refractivity contribution in [3.63, 3.8) is 0 Å². The van der Waals surface area contributed by atoms with E-state index in [1.165, 1.54) is 5.69 Å². The first kappa shape index (κ1) is 15.4. The topological polar surface area (TPSA) is 78.2 Å². The van der Waals surface area contributed by atoms with Gasteiger partial charge in [-0.25, -0.2) is 4.98 Å². The number of hydrogen-bond acceptors (Lipinski definition) is 4. The zero-order chi connectivity index (χ0) is 16.8. The van der Waals surface area contributed by atoms with Crippen LogP contribution in [0.5, 0.6) is 0 Å². The van der Waals surface area contributed by atoms with Crippen LogP contribution in [0.15, 0.2) is 28.9 Å². The van der Waals surface area contributed by atoms with Crippen molar-refractivity contribution < 1.29 is 4.79 Å². The van der Waals surface area contributed by atoms with E-state index in [1.807, 2.05) is 0 Å². The van der Waals surface area contributed by atoms with Crippen molar-refractivity contribution in [3.8, 4) is 0 Å². The summed E-state index contributed by atoms with van der Waals surface area (Å²) in [5.41, 5.74) is 9.56. The number of fused-ring (bicyclic) bond motifs is 3. The van der Waals surface area contributed by atoms with E-state index in [-0.39, 0.29) is 0 Å². The first-order chi connectivity index (χ1) is 11.5. The number of pyridine rings is 1. The summed E-state index contributed by atoms with van der Waals surface area (Å²) in [6.45, 7) is 4.15. The summed E-state index contributed by atoms with van der Waals surface area (Å²) in [6.07, 6.45) is 0. The second kappa shape index (κ2) is 5.75. The number of carbonyl (C=O) groups is 1. The van der Waals surface area contributed by atoms with Gasteiger partial charge in [-0.15, -0.1) is 0 Å². The van der Waals surface area contributed by atoms with Crippen LogP contribution in [0, 0.1) is 0 Å². The fourth-order valence-corrected chi connectivity index (χ4v) is 3.67. The highest BCUT2D eigenvalue weighted by atomic mass is 79.9. The summed E-state index contributed by atoms with van der Waals surface area (Å²) in [6, 6.07) is 7.96. The molecule has 0 aliphatic carbocycles. The third-order valence-electron chi connectivity index (χ3n) is 4.64. The van der Waals surface area contributed by atoms with E-state index in [9.17, 15) is 4.79 Å². The Bertz CT molecular complexity index is 943. The van der Waals surface area contributed by atoms with Crippen LogP contribution in [0.1, 0.15) is 10.4 Å². The molecule has 2 aromatic heterocycles. The molecular weight excluding hydrogens is 370 g/mol. The van der Waals surface area contributed by atoms with Crippen LogP contribution >= 0.6 is 15.9 Å². The van der Waals surface area contributed by atoms with Gasteiger partial charge < -0.3 is 20.5 Å². The molecule has 0 spiro atoms. The monoisotopic (exact) mass is 387 g/mol. The maximum Gasteiger partial charge on any atom is 0.250 e. The van der Waals surface area contributed by atoms with E-state index < -0.39 is 5.91 Å². The fourth-order valence-electron chi connectivity index (χ4n) is 3.27. The van der Waals surface area contributed by atoms with Gasteiger partial charge in [0.25, 0.3) is 5.91 Å². The highest BCUT2D eigenvalue weighted by molar-refractivity contribution is 9.10. The molecule has 124 valence electrons. The van der Waals surface area contributed by atoms with Crippen molar-refractivity contribution in [1.29, 1.82) is 0 Å². The Morgan fingerprint density at radius 3 is 2.71 bits per heavy atom. The summed E-state index contributed by atoms with van der Waals surface area (Å²) in [5, 5.41) is 0.992. The molecule has 3 N–H and O–H groups in total. The maximum absolute atomic E-state index is 11.7. The zero-order valence-electron chi connectivity index (χ0n) is 13.3. The van der Waals surface area contributed by atoms with E-state index >= 15 is 0 Å². The van der Waals surface area contributed by atoms with Gasteiger partial charge in [0.1, 0.15) is 4.60 Å². The van der Waals surface area contributed by atoms with Gasteiger partial charge in [0.15, 0.2) is 0 Å². The number of carbonyl (C=O) groups excluding carboxylic acids is 1. The summed E-state index contributed by atoms with van der Waals surface area (Å²) < 4.78 is 0.604. The van der Waals surface area contributed by atoms with Crippen LogP contribution in [0.25, 0.3) is 21.9 Å². The molecule has 0 saturated carbocycles. The van der Waals surface area contributed by atoms with E-state index in [0.717, 1.165) is 42.6 Å². The molecule has 24 heavy (non-hydrogen) atoms. The second-order valence-corrected chi connectivity index (χ2v) is 7.04. The molecular formula is C17H18BrN5O. The number of aromatic amines is 1. The summed E-state index contributed by atoms with van der Waals surface area (Å²) in [7, 11) is 2.15. The number of piperazine rings is 1. The number of likely N-dealkylation sites (N-methyl/N-ethyl adjacent to an activating group) is 1. The lowest BCUT2D eigenvalue weighted by Crippen LogP contribution is -2.44. The van der Waals surface area contributed by atoms with Crippen LogP contribution in [-0.4, -0.2) is 54.0 Å². The van der Waals surface area contributed by atoms with Crippen molar-refractivity contribution in [2.24, 2.45) is 5.73 Å². The minimum Gasteiger partial charge on any atom is -0.369 e. The maximum atomic E-state index is 11.7. The minimum absolute atomic E-state index is 0.448. The molecule has 6 nitrogen and oxygen atoms in total. The smallest absolute Gasteiger partial charge is 0.250 e. The average molecular weight is 388 g/mol. The number of H-pyrrole nitrogens is 1. The number of nitrogens with one attached hydrogen (secondary N) is 1. The Hall–Kier alpha value is -2.12. The fraction of sp³-hybridized carbons (Fsp3) is 0.294. The molecule has 0 radical (unpaired) electrons. The van der Waals surface area contributed by atoms with Crippen molar-refractivity contribution >= 4 is 49.5 Å². The highest BCUT2D eigenvalue weighted by Gasteiger charge is 2.17. The van der Waals surface area contributed by atoms with E-state index in [1.54, 1.807) is 6.07 Å². The Kier molecular flexibility index (Phi) is 3.69. The Morgan fingerprint density at radius 2 is 2.00 bits per heavy atom. The SMILES string of the molecule is CN1CCN(c2ccc3c(c2)[nH]c2c(C(N)=O)cc(Br)nc23)CC1. The van der Waals surface area contributed by atoms with Crippen molar-refractivity contribution in [2.45, 2.75) is 0 Å². The van der Waals surface area contributed by atoms with Crippen molar-refractivity contribution in [2.75, 3.05) is 38.1 Å². The first-order valence-corrected chi connectivity index (χ1v) is 8.67. The number of hydrogen-bond donors (Lipinski definition) is 2. The van der Waals surface area contributed by atoms with Crippen molar-refractivity contribution in [3.05, 3.63) is 34.4 Å². The highest BCUT2D eigenvalue weighted by Crippen LogP contribution is 2.31. The zero-order valence-corrected chi connectivity index (χ0v) is 14.9. The Balaban J connectivity index is 1.84. The van der Waals surface area contributed by atoms with Gasteiger partial charge in [0.05, 0.1) is 22.1 Å². The van der Waals surface area contributed by atoms with E-state index in [0.29, 0.717) is 15.7 Å². The molecule has 1 fully saturated rings.